The van der Waals surface area contributed by atoms with Crippen LogP contribution in [0.4, 0.5) is 0 Å². The monoisotopic (exact) mass is 463 g/mol. The minimum absolute atomic E-state index is 0.151. The van der Waals surface area contributed by atoms with Crippen LogP contribution in [-0.4, -0.2) is 25.9 Å². The summed E-state index contributed by atoms with van der Waals surface area (Å²) in [6.07, 6.45) is 5.17. The van der Waals surface area contributed by atoms with Crippen molar-refractivity contribution in [3.63, 3.8) is 0 Å². The second-order valence-electron chi connectivity index (χ2n) is 7.72. The lowest BCUT2D eigenvalue weighted by molar-refractivity contribution is 0.0696. The summed E-state index contributed by atoms with van der Waals surface area (Å²) in [6, 6.07) is 26.1. The molecule has 0 amide bonds. The van der Waals surface area contributed by atoms with Crippen LogP contribution in [0.5, 0.6) is 11.5 Å². The second-order valence-corrected chi connectivity index (χ2v) is 7.72. The number of para-hydroxylation sites is 1. The van der Waals surface area contributed by atoms with Crippen LogP contribution in [0.25, 0.3) is 11.4 Å². The van der Waals surface area contributed by atoms with E-state index in [4.69, 9.17) is 4.74 Å². The first-order valence-corrected chi connectivity index (χ1v) is 11.1. The predicted octanol–water partition coefficient (Wildman–Crippen LogP) is 6.50. The molecule has 0 fully saturated rings. The minimum atomic E-state index is -1.02. The van der Waals surface area contributed by atoms with Crippen molar-refractivity contribution in [3.8, 4) is 11.5 Å². The molecule has 6 heteroatoms. The molecule has 2 aromatic carbocycles. The molecule has 2 heterocycles. The molecule has 0 aliphatic carbocycles. The summed E-state index contributed by atoms with van der Waals surface area (Å²) in [5, 5.41) is 9.43. The van der Waals surface area contributed by atoms with Crippen LogP contribution in [0.3, 0.4) is 0 Å². The van der Waals surface area contributed by atoms with Crippen molar-refractivity contribution in [2.75, 3.05) is 0 Å². The first kappa shape index (κ1) is 23.4. The SMILES string of the molecule is C=C(c1cc(C(=O)O)ccn1)N(Cc1ccc(Oc2ccccc2)cc1)/C(=C\C)c1ccccn1. The number of carbonyl (C=O) groups is 1. The van der Waals surface area contributed by atoms with Crippen molar-refractivity contribution in [2.45, 2.75) is 13.5 Å². The van der Waals surface area contributed by atoms with Crippen molar-refractivity contribution >= 4 is 17.4 Å². The zero-order chi connectivity index (χ0) is 24.6. The number of hydrogen-bond donors (Lipinski definition) is 1. The van der Waals surface area contributed by atoms with Crippen molar-refractivity contribution in [2.24, 2.45) is 0 Å². The third kappa shape index (κ3) is 5.81. The maximum Gasteiger partial charge on any atom is 0.335 e. The van der Waals surface area contributed by atoms with Crippen LogP contribution in [0.1, 0.15) is 34.2 Å². The number of nitrogens with zero attached hydrogens (tertiary/aromatic N) is 3. The van der Waals surface area contributed by atoms with E-state index in [1.165, 1.54) is 18.3 Å². The molecular weight excluding hydrogens is 438 g/mol. The molecule has 0 radical (unpaired) electrons. The molecule has 0 saturated carbocycles. The number of pyridine rings is 2. The Hall–Kier alpha value is -4.71. The zero-order valence-electron chi connectivity index (χ0n) is 19.3. The normalized spacial score (nSPS) is 11.1. The molecule has 0 unspecified atom stereocenters. The summed E-state index contributed by atoms with van der Waals surface area (Å²) in [5.41, 5.74) is 3.81. The highest BCUT2D eigenvalue weighted by atomic mass is 16.5. The van der Waals surface area contributed by atoms with Gasteiger partial charge >= 0.3 is 5.97 Å². The topological polar surface area (TPSA) is 75.5 Å². The van der Waals surface area contributed by atoms with E-state index in [-0.39, 0.29) is 5.56 Å². The lowest BCUT2D eigenvalue weighted by atomic mass is 10.1. The van der Waals surface area contributed by atoms with E-state index in [1.807, 2.05) is 90.7 Å². The van der Waals surface area contributed by atoms with E-state index in [0.717, 1.165) is 28.5 Å². The Morgan fingerprint density at radius 2 is 1.60 bits per heavy atom. The van der Waals surface area contributed by atoms with Crippen LogP contribution >= 0.6 is 0 Å². The fourth-order valence-electron chi connectivity index (χ4n) is 3.61. The maximum absolute atomic E-state index is 11.5. The van der Waals surface area contributed by atoms with Gasteiger partial charge in [0.2, 0.25) is 0 Å². The fourth-order valence-corrected chi connectivity index (χ4v) is 3.61. The van der Waals surface area contributed by atoms with Gasteiger partial charge in [-0.25, -0.2) is 4.79 Å². The maximum atomic E-state index is 11.5. The number of benzene rings is 2. The Labute approximate surface area is 204 Å². The number of carboxylic acid groups (broad SMARTS) is 1. The Morgan fingerprint density at radius 3 is 2.26 bits per heavy atom. The summed E-state index contributed by atoms with van der Waals surface area (Å²) in [4.78, 5) is 22.4. The number of allylic oxidation sites excluding steroid dienone is 1. The number of rotatable bonds is 9. The molecule has 0 bridgehead atoms. The van der Waals surface area contributed by atoms with E-state index in [1.54, 1.807) is 6.20 Å². The third-order valence-corrected chi connectivity index (χ3v) is 5.36. The van der Waals surface area contributed by atoms with Gasteiger partial charge in [0.25, 0.3) is 0 Å². The molecule has 0 aliphatic heterocycles. The molecule has 6 nitrogen and oxygen atoms in total. The number of aromatic nitrogens is 2. The predicted molar refractivity (Wildman–Crippen MR) is 137 cm³/mol. The molecule has 1 N–H and O–H groups in total. The van der Waals surface area contributed by atoms with E-state index >= 15 is 0 Å². The van der Waals surface area contributed by atoms with E-state index < -0.39 is 5.97 Å². The van der Waals surface area contributed by atoms with Gasteiger partial charge in [0, 0.05) is 18.9 Å². The first-order chi connectivity index (χ1) is 17.0. The molecule has 4 rings (SSSR count). The largest absolute Gasteiger partial charge is 0.478 e. The Kier molecular flexibility index (Phi) is 7.33. The van der Waals surface area contributed by atoms with Crippen molar-refractivity contribution in [1.29, 1.82) is 0 Å². The Balaban J connectivity index is 1.65. The van der Waals surface area contributed by atoms with Crippen LogP contribution < -0.4 is 4.74 Å². The zero-order valence-corrected chi connectivity index (χ0v) is 19.3. The average molecular weight is 464 g/mol. The van der Waals surface area contributed by atoms with Crippen LogP contribution in [-0.2, 0) is 6.54 Å². The lowest BCUT2D eigenvalue weighted by Crippen LogP contribution is -2.21. The molecule has 174 valence electrons. The van der Waals surface area contributed by atoms with E-state index in [0.29, 0.717) is 17.9 Å². The highest BCUT2D eigenvalue weighted by molar-refractivity contribution is 5.88. The summed E-state index contributed by atoms with van der Waals surface area (Å²) >= 11 is 0. The minimum Gasteiger partial charge on any atom is -0.478 e. The van der Waals surface area contributed by atoms with Crippen molar-refractivity contribution in [1.82, 2.24) is 14.9 Å². The molecular formula is C29H25N3O3. The highest BCUT2D eigenvalue weighted by Crippen LogP contribution is 2.30. The lowest BCUT2D eigenvalue weighted by Gasteiger charge is -2.29. The number of ether oxygens (including phenoxy) is 1. The van der Waals surface area contributed by atoms with Gasteiger partial charge in [0.1, 0.15) is 11.5 Å². The Morgan fingerprint density at radius 1 is 0.914 bits per heavy atom. The molecule has 0 atom stereocenters. The van der Waals surface area contributed by atoms with Gasteiger partial charge in [-0.3, -0.25) is 9.97 Å². The number of aromatic carboxylic acids is 1. The van der Waals surface area contributed by atoms with Crippen molar-refractivity contribution in [3.05, 3.63) is 132 Å². The standard InChI is InChI=1S/C29H25N3O3/c1-3-28(26-11-7-8-17-30-26)32(21(2)27-19-23(29(33)34)16-18-31-27)20-22-12-14-25(15-13-22)35-24-9-5-4-6-10-24/h3-19H,2,20H2,1H3,(H,33,34)/b28-3-. The highest BCUT2D eigenvalue weighted by Gasteiger charge is 2.19. The van der Waals surface area contributed by atoms with Crippen LogP contribution in [0.15, 0.2) is 110 Å². The summed E-state index contributed by atoms with van der Waals surface area (Å²) < 4.78 is 5.91. The second kappa shape index (κ2) is 10.9. The van der Waals surface area contributed by atoms with Gasteiger partial charge in [-0.2, -0.15) is 0 Å². The van der Waals surface area contributed by atoms with Gasteiger partial charge in [-0.05, 0) is 61.0 Å². The summed E-state index contributed by atoms with van der Waals surface area (Å²) in [5.74, 6) is 0.487. The quantitative estimate of drug-likeness (QED) is 0.305. The molecule has 0 saturated heterocycles. The fraction of sp³-hybridized carbons (Fsp3) is 0.0690. The number of carboxylic acids is 1. The molecule has 0 spiro atoms. The average Bonchev–Trinajstić information content (AvgIpc) is 2.90. The summed E-state index contributed by atoms with van der Waals surface area (Å²) in [7, 11) is 0. The molecule has 35 heavy (non-hydrogen) atoms. The molecule has 2 aromatic heterocycles. The summed E-state index contributed by atoms with van der Waals surface area (Å²) in [6.45, 7) is 6.67. The van der Waals surface area contributed by atoms with Crippen LogP contribution in [0.2, 0.25) is 0 Å². The first-order valence-electron chi connectivity index (χ1n) is 11.1. The smallest absolute Gasteiger partial charge is 0.335 e. The molecule has 0 aliphatic rings. The van der Waals surface area contributed by atoms with E-state index in [2.05, 4.69) is 16.5 Å². The van der Waals surface area contributed by atoms with Gasteiger partial charge < -0.3 is 14.7 Å². The van der Waals surface area contributed by atoms with Gasteiger partial charge in [0.05, 0.1) is 28.3 Å². The van der Waals surface area contributed by atoms with Gasteiger partial charge in [0.15, 0.2) is 0 Å². The number of hydrogen-bond acceptors (Lipinski definition) is 5. The van der Waals surface area contributed by atoms with Gasteiger partial charge in [-0.1, -0.05) is 49.1 Å². The van der Waals surface area contributed by atoms with Crippen LogP contribution in [0, 0.1) is 0 Å². The van der Waals surface area contributed by atoms with Crippen molar-refractivity contribution < 1.29 is 14.6 Å². The Bertz CT molecular complexity index is 1330. The molecule has 4 aromatic rings. The third-order valence-electron chi connectivity index (χ3n) is 5.36. The van der Waals surface area contributed by atoms with E-state index in [9.17, 15) is 9.90 Å². The van der Waals surface area contributed by atoms with Gasteiger partial charge in [-0.15, -0.1) is 0 Å².